The molecule has 4 rings (SSSR count). The first-order valence-electron chi connectivity index (χ1n) is 8.81. The summed E-state index contributed by atoms with van der Waals surface area (Å²) in [7, 11) is 1.64. The Morgan fingerprint density at radius 3 is 2.56 bits per heavy atom. The number of rotatable bonds is 3. The van der Waals surface area contributed by atoms with Crippen molar-refractivity contribution in [3.8, 4) is 0 Å². The number of aromatic nitrogens is 2. The van der Waals surface area contributed by atoms with Gasteiger partial charge in [0.1, 0.15) is 0 Å². The van der Waals surface area contributed by atoms with Gasteiger partial charge in [0.25, 0.3) is 5.91 Å². The number of hydrogen-bond acceptors (Lipinski definition) is 4. The van der Waals surface area contributed by atoms with E-state index < -0.39 is 5.76 Å². The normalized spacial score (nSPS) is 14.7. The van der Waals surface area contributed by atoms with Gasteiger partial charge in [-0.25, -0.2) is 4.79 Å². The monoisotopic (exact) mass is 368 g/mol. The summed E-state index contributed by atoms with van der Waals surface area (Å²) < 4.78 is 6.54. The average Bonchev–Trinajstić information content (AvgIpc) is 3.31. The lowest BCUT2D eigenvalue weighted by atomic mass is 10.1. The third kappa shape index (κ3) is 3.25. The van der Waals surface area contributed by atoms with Crippen LogP contribution in [0.2, 0.25) is 0 Å². The highest BCUT2D eigenvalue weighted by Crippen LogP contribution is 2.16. The molecule has 0 spiro atoms. The van der Waals surface area contributed by atoms with E-state index in [1.807, 2.05) is 6.07 Å². The molecule has 3 heterocycles. The number of benzene rings is 1. The van der Waals surface area contributed by atoms with E-state index in [2.05, 4.69) is 4.98 Å². The number of nitrogens with one attached hydrogen (secondary N) is 1. The highest BCUT2D eigenvalue weighted by atomic mass is 16.4. The maximum Gasteiger partial charge on any atom is 0.419 e. The van der Waals surface area contributed by atoms with Crippen LogP contribution in [0.15, 0.2) is 45.9 Å². The minimum atomic E-state index is -0.420. The molecule has 1 fully saturated rings. The standard InChI is InChI=1S/C19H20N4O4/c1-21-15-10-13(2-3-16(15)27-19(21)26)11-17(24)22-6-8-23(9-7-22)18(25)14-4-5-20-12-14/h2-5,10,12,20H,6-9,11H2,1H3. The first-order valence-corrected chi connectivity index (χ1v) is 8.81. The van der Waals surface area contributed by atoms with Gasteiger partial charge in [0.05, 0.1) is 17.5 Å². The van der Waals surface area contributed by atoms with Gasteiger partial charge in [-0.05, 0) is 23.8 Å². The summed E-state index contributed by atoms with van der Waals surface area (Å²) in [5.41, 5.74) is 2.64. The first-order chi connectivity index (χ1) is 13.0. The van der Waals surface area contributed by atoms with Crippen molar-refractivity contribution < 1.29 is 14.0 Å². The Morgan fingerprint density at radius 2 is 1.85 bits per heavy atom. The van der Waals surface area contributed by atoms with Gasteiger partial charge in [0.2, 0.25) is 5.91 Å². The molecule has 1 aliphatic heterocycles. The fraction of sp³-hybridized carbons (Fsp3) is 0.316. The lowest BCUT2D eigenvalue weighted by molar-refractivity contribution is -0.131. The zero-order chi connectivity index (χ0) is 19.0. The summed E-state index contributed by atoms with van der Waals surface area (Å²) in [5.74, 6) is -0.428. The van der Waals surface area contributed by atoms with Crippen LogP contribution in [0.1, 0.15) is 15.9 Å². The van der Waals surface area contributed by atoms with Gasteiger partial charge < -0.3 is 19.2 Å². The predicted octanol–water partition coefficient (Wildman–Crippen LogP) is 0.987. The van der Waals surface area contributed by atoms with Crippen LogP contribution in [0, 0.1) is 0 Å². The topological polar surface area (TPSA) is 91.6 Å². The second kappa shape index (κ2) is 6.79. The lowest BCUT2D eigenvalue weighted by Crippen LogP contribution is -2.50. The average molecular weight is 368 g/mol. The molecule has 0 saturated carbocycles. The quantitative estimate of drug-likeness (QED) is 0.746. The molecular weight excluding hydrogens is 348 g/mol. The summed E-state index contributed by atoms with van der Waals surface area (Å²) in [6.07, 6.45) is 3.65. The van der Waals surface area contributed by atoms with Gasteiger partial charge in [-0.15, -0.1) is 0 Å². The van der Waals surface area contributed by atoms with Crippen molar-refractivity contribution in [3.05, 3.63) is 58.3 Å². The Balaban J connectivity index is 1.39. The number of piperazine rings is 1. The number of carbonyl (C=O) groups is 2. The summed E-state index contributed by atoms with van der Waals surface area (Å²) in [4.78, 5) is 43.0. The van der Waals surface area contributed by atoms with Crippen molar-refractivity contribution >= 4 is 22.9 Å². The van der Waals surface area contributed by atoms with Gasteiger partial charge >= 0.3 is 5.76 Å². The maximum atomic E-state index is 12.6. The van der Waals surface area contributed by atoms with Crippen LogP contribution in [-0.2, 0) is 18.3 Å². The van der Waals surface area contributed by atoms with Crippen molar-refractivity contribution in [1.29, 1.82) is 0 Å². The molecule has 1 N–H and O–H groups in total. The van der Waals surface area contributed by atoms with E-state index in [0.717, 1.165) is 5.56 Å². The Kier molecular flexibility index (Phi) is 4.31. The van der Waals surface area contributed by atoms with E-state index in [1.54, 1.807) is 47.4 Å². The predicted molar refractivity (Wildman–Crippen MR) is 98.4 cm³/mol. The van der Waals surface area contributed by atoms with E-state index in [1.165, 1.54) is 4.57 Å². The number of carbonyl (C=O) groups excluding carboxylic acids is 2. The van der Waals surface area contributed by atoms with E-state index in [-0.39, 0.29) is 18.2 Å². The number of oxazole rings is 1. The molecule has 27 heavy (non-hydrogen) atoms. The van der Waals surface area contributed by atoms with E-state index >= 15 is 0 Å². The molecule has 140 valence electrons. The molecule has 0 atom stereocenters. The Morgan fingerprint density at radius 1 is 1.11 bits per heavy atom. The molecule has 0 unspecified atom stereocenters. The smallest absolute Gasteiger partial charge is 0.408 e. The third-order valence-corrected chi connectivity index (χ3v) is 4.98. The lowest BCUT2D eigenvalue weighted by Gasteiger charge is -2.34. The van der Waals surface area contributed by atoms with E-state index in [4.69, 9.17) is 4.42 Å². The van der Waals surface area contributed by atoms with Gasteiger partial charge in [0, 0.05) is 45.6 Å². The molecule has 3 aromatic rings. The molecule has 0 bridgehead atoms. The van der Waals surface area contributed by atoms with Crippen molar-refractivity contribution in [2.45, 2.75) is 6.42 Å². The third-order valence-electron chi connectivity index (χ3n) is 4.98. The summed E-state index contributed by atoms with van der Waals surface area (Å²) in [6.45, 7) is 2.07. The summed E-state index contributed by atoms with van der Waals surface area (Å²) >= 11 is 0. The molecule has 1 saturated heterocycles. The molecule has 1 aliphatic rings. The molecular formula is C19H20N4O4. The fourth-order valence-corrected chi connectivity index (χ4v) is 3.37. The Labute approximate surface area is 155 Å². The van der Waals surface area contributed by atoms with Crippen LogP contribution in [0.25, 0.3) is 11.1 Å². The number of hydrogen-bond donors (Lipinski definition) is 1. The molecule has 8 nitrogen and oxygen atoms in total. The van der Waals surface area contributed by atoms with Gasteiger partial charge in [-0.2, -0.15) is 0 Å². The Bertz CT molecular complexity index is 1040. The van der Waals surface area contributed by atoms with Crippen molar-refractivity contribution in [1.82, 2.24) is 19.4 Å². The summed E-state index contributed by atoms with van der Waals surface area (Å²) in [5, 5.41) is 0. The first kappa shape index (κ1) is 17.1. The minimum Gasteiger partial charge on any atom is -0.408 e. The van der Waals surface area contributed by atoms with E-state index in [9.17, 15) is 14.4 Å². The number of H-pyrrole nitrogens is 1. The maximum absolute atomic E-state index is 12.6. The molecule has 2 amide bonds. The number of nitrogens with zero attached hydrogens (tertiary/aromatic N) is 3. The van der Waals surface area contributed by atoms with Crippen molar-refractivity contribution in [2.75, 3.05) is 26.2 Å². The van der Waals surface area contributed by atoms with Gasteiger partial charge in [-0.1, -0.05) is 6.07 Å². The minimum absolute atomic E-state index is 0.0107. The number of aromatic amines is 1. The highest BCUT2D eigenvalue weighted by molar-refractivity contribution is 5.94. The zero-order valence-corrected chi connectivity index (χ0v) is 15.0. The largest absolute Gasteiger partial charge is 0.419 e. The molecule has 8 heteroatoms. The van der Waals surface area contributed by atoms with Crippen LogP contribution in [-0.4, -0.2) is 57.3 Å². The van der Waals surface area contributed by atoms with Crippen molar-refractivity contribution in [3.63, 3.8) is 0 Å². The Hall–Kier alpha value is -3.29. The zero-order valence-electron chi connectivity index (χ0n) is 15.0. The second-order valence-electron chi connectivity index (χ2n) is 6.68. The van der Waals surface area contributed by atoms with Crippen LogP contribution < -0.4 is 5.76 Å². The molecule has 1 aromatic carbocycles. The van der Waals surface area contributed by atoms with E-state index in [0.29, 0.717) is 42.8 Å². The fourth-order valence-electron chi connectivity index (χ4n) is 3.37. The van der Waals surface area contributed by atoms with Crippen LogP contribution in [0.4, 0.5) is 0 Å². The SMILES string of the molecule is Cn1c(=O)oc2ccc(CC(=O)N3CCN(C(=O)c4cc[nH]c4)CC3)cc21. The number of amides is 2. The number of fused-ring (bicyclic) bond motifs is 1. The van der Waals surface area contributed by atoms with Gasteiger partial charge in [0.15, 0.2) is 5.58 Å². The van der Waals surface area contributed by atoms with Gasteiger partial charge in [-0.3, -0.25) is 14.2 Å². The highest BCUT2D eigenvalue weighted by Gasteiger charge is 2.25. The number of aryl methyl sites for hydroxylation is 1. The van der Waals surface area contributed by atoms with Crippen LogP contribution in [0.5, 0.6) is 0 Å². The van der Waals surface area contributed by atoms with Crippen LogP contribution in [0.3, 0.4) is 0 Å². The molecule has 2 aromatic heterocycles. The summed E-state index contributed by atoms with van der Waals surface area (Å²) in [6, 6.07) is 7.07. The molecule has 0 aliphatic carbocycles. The second-order valence-corrected chi connectivity index (χ2v) is 6.68. The van der Waals surface area contributed by atoms with Crippen LogP contribution >= 0.6 is 0 Å². The molecule has 0 radical (unpaired) electrons. The van der Waals surface area contributed by atoms with Crippen molar-refractivity contribution in [2.24, 2.45) is 7.05 Å².